The number of para-hydroxylation sites is 1. The Balaban J connectivity index is 1.71. The minimum absolute atomic E-state index is 0.105. The predicted octanol–water partition coefficient (Wildman–Crippen LogP) is 5.77. The van der Waals surface area contributed by atoms with Crippen LogP contribution in [0.2, 0.25) is 0 Å². The molecule has 124 valence electrons. The summed E-state index contributed by atoms with van der Waals surface area (Å²) in [7, 11) is 0. The molecule has 2 heterocycles. The average Bonchev–Trinajstić information content (AvgIpc) is 3.21. The number of halogens is 1. The molecule has 5 heteroatoms. The van der Waals surface area contributed by atoms with E-state index < -0.39 is 0 Å². The third kappa shape index (κ3) is 3.25. The number of anilines is 1. The van der Waals surface area contributed by atoms with Gasteiger partial charge in [0.05, 0.1) is 15.9 Å². The largest absolute Gasteiger partial charge is 0.331 e. The Kier molecular flexibility index (Phi) is 4.42. The van der Waals surface area contributed by atoms with Crippen LogP contribution in [0.5, 0.6) is 0 Å². The summed E-state index contributed by atoms with van der Waals surface area (Å²) >= 11 is 5.13. The molecule has 2 aromatic carbocycles. The Hall–Kier alpha value is -2.37. The van der Waals surface area contributed by atoms with Crippen molar-refractivity contribution in [2.24, 2.45) is 0 Å². The van der Waals surface area contributed by atoms with Crippen LogP contribution in [0.25, 0.3) is 10.2 Å². The molecule has 0 spiro atoms. The van der Waals surface area contributed by atoms with Crippen molar-refractivity contribution in [2.75, 3.05) is 5.32 Å². The minimum Gasteiger partial charge on any atom is -0.331 e. The Morgan fingerprint density at radius 3 is 2.60 bits per heavy atom. The first-order valence-corrected chi connectivity index (χ1v) is 9.56. The highest BCUT2D eigenvalue weighted by atomic mass is 79.9. The van der Waals surface area contributed by atoms with Gasteiger partial charge < -0.3 is 9.88 Å². The lowest BCUT2D eigenvalue weighted by atomic mass is 10.2. The molecule has 0 aliphatic rings. The number of carbonyl (C=O) groups excluding carboxylic acids is 1. The summed E-state index contributed by atoms with van der Waals surface area (Å²) in [4.78, 5) is 12.9. The lowest BCUT2D eigenvalue weighted by Crippen LogP contribution is -2.17. The van der Waals surface area contributed by atoms with Crippen LogP contribution in [-0.4, -0.2) is 10.5 Å². The molecule has 1 amide bonds. The van der Waals surface area contributed by atoms with Crippen LogP contribution in [0.4, 0.5) is 5.69 Å². The molecule has 4 aromatic rings. The van der Waals surface area contributed by atoms with Gasteiger partial charge in [0, 0.05) is 11.0 Å². The highest BCUT2D eigenvalue weighted by Crippen LogP contribution is 2.28. The van der Waals surface area contributed by atoms with E-state index in [-0.39, 0.29) is 5.91 Å². The summed E-state index contributed by atoms with van der Waals surface area (Å²) in [6, 6.07) is 21.9. The number of benzene rings is 2. The van der Waals surface area contributed by atoms with E-state index in [0.29, 0.717) is 12.2 Å². The summed E-state index contributed by atoms with van der Waals surface area (Å²) < 4.78 is 4.06. The molecule has 3 nitrogen and oxygen atoms in total. The topological polar surface area (TPSA) is 34.0 Å². The number of amides is 1. The lowest BCUT2D eigenvalue weighted by Gasteiger charge is -2.12. The van der Waals surface area contributed by atoms with Gasteiger partial charge in [-0.05, 0) is 51.1 Å². The maximum Gasteiger partial charge on any atom is 0.272 e. The number of fused-ring (bicyclic) bond motifs is 1. The van der Waals surface area contributed by atoms with Crippen LogP contribution in [-0.2, 0) is 6.54 Å². The van der Waals surface area contributed by atoms with E-state index in [1.54, 1.807) is 11.3 Å². The first kappa shape index (κ1) is 16.1. The monoisotopic (exact) mass is 410 g/mol. The van der Waals surface area contributed by atoms with Crippen molar-refractivity contribution < 1.29 is 4.79 Å². The molecule has 2 aromatic heterocycles. The van der Waals surface area contributed by atoms with Gasteiger partial charge in [-0.25, -0.2) is 0 Å². The van der Waals surface area contributed by atoms with E-state index in [9.17, 15) is 4.79 Å². The second-order valence-corrected chi connectivity index (χ2v) is 7.51. The fraction of sp³-hybridized carbons (Fsp3) is 0.0500. The van der Waals surface area contributed by atoms with Gasteiger partial charge in [-0.3, -0.25) is 4.79 Å². The first-order chi connectivity index (χ1) is 12.2. The molecule has 0 saturated carbocycles. The highest BCUT2D eigenvalue weighted by Gasteiger charge is 2.17. The van der Waals surface area contributed by atoms with E-state index in [0.717, 1.165) is 20.4 Å². The zero-order valence-electron chi connectivity index (χ0n) is 13.3. The number of thiophene rings is 1. The van der Waals surface area contributed by atoms with E-state index >= 15 is 0 Å². The smallest absolute Gasteiger partial charge is 0.272 e. The van der Waals surface area contributed by atoms with Crippen molar-refractivity contribution in [3.63, 3.8) is 0 Å². The Morgan fingerprint density at radius 2 is 1.80 bits per heavy atom. The zero-order valence-corrected chi connectivity index (χ0v) is 15.7. The highest BCUT2D eigenvalue weighted by molar-refractivity contribution is 9.10. The van der Waals surface area contributed by atoms with Crippen molar-refractivity contribution in [1.82, 2.24) is 4.57 Å². The summed E-state index contributed by atoms with van der Waals surface area (Å²) in [5, 5.41) is 5.06. The lowest BCUT2D eigenvalue weighted by molar-refractivity contribution is 0.101. The standard InChI is InChI=1S/C20H15BrN2OS/c21-15-8-4-5-9-16(15)22-20(24)18-12-19-17(10-11-25-19)23(18)13-14-6-2-1-3-7-14/h1-12H,13H2,(H,22,24). The summed E-state index contributed by atoms with van der Waals surface area (Å²) in [5.41, 5.74) is 3.69. The molecule has 0 bridgehead atoms. The van der Waals surface area contributed by atoms with E-state index in [4.69, 9.17) is 0 Å². The maximum absolute atomic E-state index is 12.9. The van der Waals surface area contributed by atoms with Gasteiger partial charge >= 0.3 is 0 Å². The zero-order chi connectivity index (χ0) is 17.2. The number of rotatable bonds is 4. The number of hydrogen-bond acceptors (Lipinski definition) is 2. The molecule has 0 aliphatic heterocycles. The van der Waals surface area contributed by atoms with Crippen molar-refractivity contribution >= 4 is 49.1 Å². The number of carbonyl (C=O) groups is 1. The van der Waals surface area contributed by atoms with Gasteiger partial charge in [0.25, 0.3) is 5.91 Å². The van der Waals surface area contributed by atoms with E-state index in [1.165, 1.54) is 5.56 Å². The Bertz CT molecular complexity index is 1040. The first-order valence-electron chi connectivity index (χ1n) is 7.89. The van der Waals surface area contributed by atoms with Crippen LogP contribution < -0.4 is 5.32 Å². The van der Waals surface area contributed by atoms with Gasteiger partial charge in [-0.15, -0.1) is 11.3 Å². The van der Waals surface area contributed by atoms with Gasteiger partial charge in [-0.1, -0.05) is 42.5 Å². The number of nitrogens with one attached hydrogen (secondary N) is 1. The molecule has 0 aliphatic carbocycles. The van der Waals surface area contributed by atoms with Crippen LogP contribution in [0.15, 0.2) is 76.6 Å². The summed E-state index contributed by atoms with van der Waals surface area (Å²) in [6.07, 6.45) is 0. The van der Waals surface area contributed by atoms with Crippen LogP contribution in [0.3, 0.4) is 0 Å². The number of nitrogens with zero attached hydrogens (tertiary/aromatic N) is 1. The summed E-state index contributed by atoms with van der Waals surface area (Å²) in [6.45, 7) is 0.666. The Labute approximate surface area is 158 Å². The number of aromatic nitrogens is 1. The average molecular weight is 411 g/mol. The number of hydrogen-bond donors (Lipinski definition) is 1. The van der Waals surface area contributed by atoms with E-state index in [1.807, 2.05) is 48.5 Å². The minimum atomic E-state index is -0.105. The fourth-order valence-electron chi connectivity index (χ4n) is 2.85. The molecule has 0 radical (unpaired) electrons. The fourth-order valence-corrected chi connectivity index (χ4v) is 4.06. The third-order valence-electron chi connectivity index (χ3n) is 4.06. The molecule has 0 atom stereocenters. The second kappa shape index (κ2) is 6.86. The third-order valence-corrected chi connectivity index (χ3v) is 5.61. The molecular formula is C20H15BrN2OS. The van der Waals surface area contributed by atoms with Gasteiger partial charge in [0.1, 0.15) is 5.69 Å². The molecule has 0 fully saturated rings. The van der Waals surface area contributed by atoms with Gasteiger partial charge in [0.2, 0.25) is 0 Å². The van der Waals surface area contributed by atoms with Crippen LogP contribution in [0.1, 0.15) is 16.1 Å². The molecular weight excluding hydrogens is 396 g/mol. The van der Waals surface area contributed by atoms with Crippen molar-refractivity contribution in [2.45, 2.75) is 6.54 Å². The quantitative estimate of drug-likeness (QED) is 0.455. The second-order valence-electron chi connectivity index (χ2n) is 5.71. The Morgan fingerprint density at radius 1 is 1.04 bits per heavy atom. The van der Waals surface area contributed by atoms with Crippen molar-refractivity contribution in [3.8, 4) is 0 Å². The SMILES string of the molecule is O=C(Nc1ccccc1Br)c1cc2sccc2n1Cc1ccccc1. The maximum atomic E-state index is 12.9. The molecule has 4 rings (SSSR count). The van der Waals surface area contributed by atoms with Gasteiger partial charge in [0.15, 0.2) is 0 Å². The van der Waals surface area contributed by atoms with Crippen LogP contribution in [0, 0.1) is 0 Å². The molecule has 0 saturated heterocycles. The predicted molar refractivity (Wildman–Crippen MR) is 107 cm³/mol. The van der Waals surface area contributed by atoms with Crippen molar-refractivity contribution in [1.29, 1.82) is 0 Å². The molecule has 0 unspecified atom stereocenters. The molecule has 25 heavy (non-hydrogen) atoms. The van der Waals surface area contributed by atoms with Gasteiger partial charge in [-0.2, -0.15) is 0 Å². The normalized spacial score (nSPS) is 10.9. The summed E-state index contributed by atoms with van der Waals surface area (Å²) in [5.74, 6) is -0.105. The van der Waals surface area contributed by atoms with E-state index in [2.05, 4.69) is 49.4 Å². The van der Waals surface area contributed by atoms with Crippen LogP contribution >= 0.6 is 27.3 Å². The molecule has 1 N–H and O–H groups in total. The van der Waals surface area contributed by atoms with Crippen molar-refractivity contribution in [3.05, 3.63) is 87.8 Å².